The van der Waals surface area contributed by atoms with Crippen molar-refractivity contribution in [1.29, 1.82) is 0 Å². The summed E-state index contributed by atoms with van der Waals surface area (Å²) in [7, 11) is 0. The van der Waals surface area contributed by atoms with Gasteiger partial charge in [0.25, 0.3) is 0 Å². The van der Waals surface area contributed by atoms with Crippen molar-refractivity contribution in [3.8, 4) is 22.3 Å². The zero-order chi connectivity index (χ0) is 43.8. The summed E-state index contributed by atoms with van der Waals surface area (Å²) in [5.74, 6) is 0. The second-order valence-corrected chi connectivity index (χ2v) is 17.2. The second-order valence-electron chi connectivity index (χ2n) is 17.2. The average molecular weight is 843 g/mol. The van der Waals surface area contributed by atoms with Crippen LogP contribution in [-0.2, 0) is 0 Å². The lowest BCUT2D eigenvalue weighted by Gasteiger charge is -2.28. The minimum atomic E-state index is 1.05. The van der Waals surface area contributed by atoms with Gasteiger partial charge in [-0.3, -0.25) is 0 Å². The predicted molar refractivity (Wildman–Crippen MR) is 283 cm³/mol. The van der Waals surface area contributed by atoms with Crippen LogP contribution in [0, 0.1) is 0 Å². The summed E-state index contributed by atoms with van der Waals surface area (Å²) in [5.41, 5.74) is 14.1. The molecule has 0 spiro atoms. The van der Waals surface area contributed by atoms with Crippen molar-refractivity contribution in [1.82, 2.24) is 0 Å². The van der Waals surface area contributed by atoms with Crippen molar-refractivity contribution < 1.29 is 0 Å². The number of nitrogens with zero attached hydrogens (tertiary/aromatic N) is 2. The fourth-order valence-corrected chi connectivity index (χ4v) is 10.1. The van der Waals surface area contributed by atoms with Gasteiger partial charge in [0.05, 0.1) is 0 Å². The highest BCUT2D eigenvalue weighted by atomic mass is 15.1. The van der Waals surface area contributed by atoms with Crippen molar-refractivity contribution >= 4 is 82.8 Å². The predicted octanol–water partition coefficient (Wildman–Crippen LogP) is 18.3. The smallest absolute Gasteiger partial charge is 0.0468 e. The lowest BCUT2D eigenvalue weighted by Crippen LogP contribution is -2.10. The molecule has 0 amide bonds. The quantitative estimate of drug-likeness (QED) is 0.134. The lowest BCUT2D eigenvalue weighted by atomic mass is 9.85. The number of para-hydroxylation sites is 2. The molecule has 0 unspecified atom stereocenters. The van der Waals surface area contributed by atoms with E-state index < -0.39 is 0 Å². The zero-order valence-corrected chi connectivity index (χ0v) is 36.6. The lowest BCUT2D eigenvalue weighted by molar-refractivity contribution is 1.05. The van der Waals surface area contributed by atoms with Crippen LogP contribution in [-0.4, -0.2) is 0 Å². The molecule has 1 aliphatic carbocycles. The summed E-state index contributed by atoms with van der Waals surface area (Å²) >= 11 is 0. The highest BCUT2D eigenvalue weighted by molar-refractivity contribution is 6.22. The van der Waals surface area contributed by atoms with E-state index in [2.05, 4.69) is 265 Å². The van der Waals surface area contributed by atoms with Gasteiger partial charge in [0, 0.05) is 34.1 Å². The van der Waals surface area contributed by atoms with Crippen LogP contribution in [0.5, 0.6) is 0 Å². The molecule has 0 saturated heterocycles. The van der Waals surface area contributed by atoms with Crippen molar-refractivity contribution in [3.63, 3.8) is 0 Å². The summed E-state index contributed by atoms with van der Waals surface area (Å²) < 4.78 is 0. The molecule has 0 aromatic heterocycles. The highest BCUT2D eigenvalue weighted by Crippen LogP contribution is 2.49. The van der Waals surface area contributed by atoms with E-state index >= 15 is 0 Å². The first-order valence-electron chi connectivity index (χ1n) is 23.0. The summed E-state index contributed by atoms with van der Waals surface area (Å²) in [4.78, 5) is 4.80. The molecule has 0 aliphatic heterocycles. The molecular weight excluding hydrogens is 797 g/mol. The Morgan fingerprint density at radius 3 is 1.18 bits per heavy atom. The van der Waals surface area contributed by atoms with E-state index in [1.54, 1.807) is 0 Å². The van der Waals surface area contributed by atoms with E-state index in [1.807, 2.05) is 0 Å². The van der Waals surface area contributed by atoms with Crippen LogP contribution < -0.4 is 9.80 Å². The van der Waals surface area contributed by atoms with Crippen LogP contribution >= 0.6 is 0 Å². The molecule has 11 aromatic rings. The van der Waals surface area contributed by atoms with E-state index in [1.165, 1.54) is 76.5 Å². The first kappa shape index (κ1) is 39.2. The SMILES string of the molecule is C1=CCCC(c2ccc(-c3c4ccc(N(c5ccccc5)c5ccc6ccccc6c5)cc4c(-c4ccccc4)c4ccc(N(c5ccccc5)c5ccc6ccccc6c5)cc34)cc2)=C1. The van der Waals surface area contributed by atoms with Crippen molar-refractivity contribution in [2.75, 3.05) is 9.80 Å². The molecule has 0 bridgehead atoms. The Bertz CT molecular complexity index is 3630. The molecule has 11 aromatic carbocycles. The van der Waals surface area contributed by atoms with Crippen LogP contribution in [0.15, 0.2) is 255 Å². The van der Waals surface area contributed by atoms with E-state index in [0.29, 0.717) is 0 Å². The molecule has 0 N–H and O–H groups in total. The Morgan fingerprint density at radius 2 is 0.697 bits per heavy atom. The summed E-state index contributed by atoms with van der Waals surface area (Å²) in [5, 5.41) is 9.69. The molecule has 0 saturated carbocycles. The van der Waals surface area contributed by atoms with Crippen LogP contribution in [0.4, 0.5) is 34.1 Å². The van der Waals surface area contributed by atoms with Crippen molar-refractivity contribution in [3.05, 3.63) is 260 Å². The summed E-state index contributed by atoms with van der Waals surface area (Å²) in [6.07, 6.45) is 8.85. The average Bonchev–Trinajstić information content (AvgIpc) is 3.39. The Hall–Kier alpha value is -8.46. The fourth-order valence-electron chi connectivity index (χ4n) is 10.1. The van der Waals surface area contributed by atoms with Gasteiger partial charge in [0.15, 0.2) is 0 Å². The Labute approximate surface area is 386 Å². The number of hydrogen-bond acceptors (Lipinski definition) is 2. The number of allylic oxidation sites excluding steroid dienone is 4. The van der Waals surface area contributed by atoms with Gasteiger partial charge in [-0.25, -0.2) is 0 Å². The van der Waals surface area contributed by atoms with Gasteiger partial charge in [-0.2, -0.15) is 0 Å². The highest BCUT2D eigenvalue weighted by Gasteiger charge is 2.22. The third kappa shape index (κ3) is 7.19. The normalized spacial score (nSPS) is 12.5. The second kappa shape index (κ2) is 16.9. The molecule has 12 rings (SSSR count). The van der Waals surface area contributed by atoms with Crippen LogP contribution in [0.2, 0.25) is 0 Å². The van der Waals surface area contributed by atoms with Crippen LogP contribution in [0.25, 0.3) is 70.9 Å². The van der Waals surface area contributed by atoms with E-state index in [0.717, 1.165) is 47.0 Å². The molecule has 0 atom stereocenters. The van der Waals surface area contributed by atoms with Gasteiger partial charge in [-0.1, -0.05) is 182 Å². The maximum atomic E-state index is 2.43. The maximum absolute atomic E-state index is 2.43. The monoisotopic (exact) mass is 842 g/mol. The third-order valence-electron chi connectivity index (χ3n) is 13.2. The molecule has 66 heavy (non-hydrogen) atoms. The first-order valence-corrected chi connectivity index (χ1v) is 23.0. The van der Waals surface area contributed by atoms with E-state index in [-0.39, 0.29) is 0 Å². The summed E-state index contributed by atoms with van der Waals surface area (Å²) in [6.45, 7) is 0. The molecule has 2 nitrogen and oxygen atoms in total. The fraction of sp³-hybridized carbons (Fsp3) is 0.0312. The van der Waals surface area contributed by atoms with Gasteiger partial charge >= 0.3 is 0 Å². The van der Waals surface area contributed by atoms with E-state index in [9.17, 15) is 0 Å². The third-order valence-corrected chi connectivity index (χ3v) is 13.2. The first-order chi connectivity index (χ1) is 32.7. The van der Waals surface area contributed by atoms with E-state index in [4.69, 9.17) is 0 Å². The molecule has 0 radical (unpaired) electrons. The number of anilines is 6. The van der Waals surface area contributed by atoms with Gasteiger partial charge < -0.3 is 9.80 Å². The van der Waals surface area contributed by atoms with Gasteiger partial charge in [-0.05, 0) is 162 Å². The Balaban J connectivity index is 1.14. The van der Waals surface area contributed by atoms with Gasteiger partial charge in [0.2, 0.25) is 0 Å². The molecular formula is C64H46N2. The van der Waals surface area contributed by atoms with Crippen LogP contribution in [0.3, 0.4) is 0 Å². The molecule has 2 heteroatoms. The number of rotatable bonds is 9. The Kier molecular flexibility index (Phi) is 10.0. The molecule has 1 aliphatic rings. The number of fused-ring (bicyclic) bond motifs is 4. The standard InChI is InChI=1S/C64H46N2/c1-5-17-45(18-6-1)48-29-31-50(32-30-48)64-60-40-38-57(65(53-25-9-3-10-26-53)55-35-33-46-19-13-15-23-51(46)41-55)43-61(60)63(49-21-7-2-8-22-49)59-39-37-58(44-62(59)64)66(54-27-11-4-12-28-54)56-36-34-47-20-14-16-24-52(47)42-56/h1-5,7-17,19-44H,6,18H2. The largest absolute Gasteiger partial charge is 0.310 e. The molecule has 312 valence electrons. The minimum Gasteiger partial charge on any atom is -0.310 e. The summed E-state index contributed by atoms with van der Waals surface area (Å²) in [6, 6.07) is 86.9. The Morgan fingerprint density at radius 1 is 0.288 bits per heavy atom. The minimum absolute atomic E-state index is 1.05. The molecule has 0 fully saturated rings. The maximum Gasteiger partial charge on any atom is 0.0468 e. The van der Waals surface area contributed by atoms with Crippen molar-refractivity contribution in [2.45, 2.75) is 12.8 Å². The number of benzene rings is 11. The van der Waals surface area contributed by atoms with Crippen molar-refractivity contribution in [2.24, 2.45) is 0 Å². The van der Waals surface area contributed by atoms with Gasteiger partial charge in [-0.15, -0.1) is 0 Å². The topological polar surface area (TPSA) is 6.48 Å². The number of hydrogen-bond donors (Lipinski definition) is 0. The van der Waals surface area contributed by atoms with Crippen LogP contribution in [0.1, 0.15) is 18.4 Å². The van der Waals surface area contributed by atoms with Gasteiger partial charge in [0.1, 0.15) is 0 Å². The molecule has 0 heterocycles. The zero-order valence-electron chi connectivity index (χ0n) is 36.6.